The molecule has 2 fully saturated rings. The molecule has 2 amide bonds. The smallest absolute Gasteiger partial charge is 0.242 e. The van der Waals surface area contributed by atoms with E-state index in [1.54, 1.807) is 0 Å². The largest absolute Gasteiger partial charge is 0.352 e. The summed E-state index contributed by atoms with van der Waals surface area (Å²) in [6, 6.07) is 10.1. The highest BCUT2D eigenvalue weighted by Gasteiger charge is 2.33. The van der Waals surface area contributed by atoms with E-state index in [0.29, 0.717) is 19.0 Å². The molecule has 0 spiro atoms. The average molecular weight is 343 g/mol. The first-order valence-electron chi connectivity index (χ1n) is 9.56. The number of nitrogens with zero attached hydrogens (tertiary/aromatic N) is 2. The second kappa shape index (κ2) is 8.48. The van der Waals surface area contributed by atoms with Crippen LogP contribution in [0.1, 0.15) is 50.6 Å². The van der Waals surface area contributed by atoms with Gasteiger partial charge in [0.25, 0.3) is 0 Å². The van der Waals surface area contributed by atoms with Gasteiger partial charge >= 0.3 is 0 Å². The molecule has 1 aliphatic carbocycles. The number of carbonyl (C=O) groups is 2. The Morgan fingerprint density at radius 3 is 2.56 bits per heavy atom. The number of carbonyl (C=O) groups excluding carboxylic acids is 2. The molecule has 5 nitrogen and oxygen atoms in total. The summed E-state index contributed by atoms with van der Waals surface area (Å²) in [7, 11) is 0. The van der Waals surface area contributed by atoms with Crippen molar-refractivity contribution in [2.75, 3.05) is 26.2 Å². The minimum atomic E-state index is -0.261. The lowest BCUT2D eigenvalue weighted by Crippen LogP contribution is -2.43. The number of nitrogens with one attached hydrogen (secondary N) is 1. The first-order valence-corrected chi connectivity index (χ1v) is 9.56. The molecule has 1 heterocycles. The molecule has 1 N–H and O–H groups in total. The molecule has 2 aliphatic rings. The second-order valence-corrected chi connectivity index (χ2v) is 7.12. The average Bonchev–Trinajstić information content (AvgIpc) is 3.43. The Bertz CT molecular complexity index is 586. The van der Waals surface area contributed by atoms with Gasteiger partial charge in [-0.1, -0.05) is 37.3 Å². The first-order chi connectivity index (χ1) is 12.2. The van der Waals surface area contributed by atoms with Crippen LogP contribution in [0.4, 0.5) is 0 Å². The Labute approximate surface area is 150 Å². The second-order valence-electron chi connectivity index (χ2n) is 7.12. The van der Waals surface area contributed by atoms with Gasteiger partial charge in [0, 0.05) is 38.6 Å². The predicted molar refractivity (Wildman–Crippen MR) is 98.0 cm³/mol. The molecule has 5 heteroatoms. The molecule has 1 saturated carbocycles. The van der Waals surface area contributed by atoms with Crippen LogP contribution < -0.4 is 5.32 Å². The van der Waals surface area contributed by atoms with Crippen LogP contribution in [0.25, 0.3) is 0 Å². The molecular weight excluding hydrogens is 314 g/mol. The van der Waals surface area contributed by atoms with Crippen LogP contribution >= 0.6 is 0 Å². The number of benzene rings is 1. The van der Waals surface area contributed by atoms with E-state index in [1.165, 1.54) is 0 Å². The lowest BCUT2D eigenvalue weighted by atomic mass is 10.0. The molecule has 0 aromatic heterocycles. The summed E-state index contributed by atoms with van der Waals surface area (Å²) < 4.78 is 0. The number of rotatable bonds is 6. The van der Waals surface area contributed by atoms with Crippen molar-refractivity contribution in [1.29, 1.82) is 0 Å². The van der Waals surface area contributed by atoms with Gasteiger partial charge in [-0.2, -0.15) is 0 Å². The van der Waals surface area contributed by atoms with Crippen molar-refractivity contribution in [1.82, 2.24) is 15.1 Å². The molecule has 3 rings (SSSR count). The van der Waals surface area contributed by atoms with Gasteiger partial charge in [-0.3, -0.25) is 14.5 Å². The van der Waals surface area contributed by atoms with Crippen molar-refractivity contribution in [3.05, 3.63) is 35.9 Å². The lowest BCUT2D eigenvalue weighted by molar-refractivity contribution is -0.131. The van der Waals surface area contributed by atoms with Gasteiger partial charge in [-0.05, 0) is 31.2 Å². The molecule has 1 saturated heterocycles. The summed E-state index contributed by atoms with van der Waals surface area (Å²) in [4.78, 5) is 29.3. The number of hydrogen-bond acceptors (Lipinski definition) is 3. The molecule has 0 radical (unpaired) electrons. The van der Waals surface area contributed by atoms with Crippen LogP contribution in [0.3, 0.4) is 0 Å². The maximum atomic E-state index is 12.9. The molecule has 1 aliphatic heterocycles. The van der Waals surface area contributed by atoms with E-state index < -0.39 is 0 Å². The third-order valence-electron chi connectivity index (χ3n) is 5.00. The third kappa shape index (κ3) is 4.82. The Hall–Kier alpha value is -1.88. The molecular formula is C20H29N3O2. The lowest BCUT2D eigenvalue weighted by Gasteiger charge is -2.30. The van der Waals surface area contributed by atoms with E-state index in [2.05, 4.69) is 10.2 Å². The highest BCUT2D eigenvalue weighted by atomic mass is 16.2. The predicted octanol–water partition coefficient (Wildman–Crippen LogP) is 2.34. The van der Waals surface area contributed by atoms with Crippen molar-refractivity contribution in [2.45, 2.75) is 51.1 Å². The van der Waals surface area contributed by atoms with E-state index in [4.69, 9.17) is 0 Å². The van der Waals surface area contributed by atoms with E-state index in [0.717, 1.165) is 50.9 Å². The highest BCUT2D eigenvalue weighted by Crippen LogP contribution is 2.26. The number of amides is 2. The highest BCUT2D eigenvalue weighted by molar-refractivity contribution is 5.83. The van der Waals surface area contributed by atoms with Gasteiger partial charge in [0.1, 0.15) is 6.04 Å². The maximum Gasteiger partial charge on any atom is 0.242 e. The van der Waals surface area contributed by atoms with Crippen LogP contribution in [0, 0.1) is 0 Å². The zero-order valence-corrected chi connectivity index (χ0v) is 15.1. The maximum absolute atomic E-state index is 12.9. The molecule has 1 unspecified atom stereocenters. The molecule has 0 bridgehead atoms. The Balaban J connectivity index is 1.71. The molecule has 25 heavy (non-hydrogen) atoms. The summed E-state index contributed by atoms with van der Waals surface area (Å²) in [5, 5.41) is 3.16. The fourth-order valence-electron chi connectivity index (χ4n) is 3.49. The van der Waals surface area contributed by atoms with E-state index in [-0.39, 0.29) is 17.9 Å². The van der Waals surface area contributed by atoms with Crippen LogP contribution in [0.5, 0.6) is 0 Å². The summed E-state index contributed by atoms with van der Waals surface area (Å²) in [6.45, 7) is 5.12. The normalized spacial score (nSPS) is 20.0. The zero-order valence-electron chi connectivity index (χ0n) is 15.1. The summed E-state index contributed by atoms with van der Waals surface area (Å²) in [5.41, 5.74) is 1.04. The quantitative estimate of drug-likeness (QED) is 0.863. The van der Waals surface area contributed by atoms with Gasteiger partial charge in [0.2, 0.25) is 11.8 Å². The molecule has 1 aromatic rings. The van der Waals surface area contributed by atoms with Gasteiger partial charge in [0.05, 0.1) is 0 Å². The molecule has 136 valence electrons. The Morgan fingerprint density at radius 1 is 1.12 bits per heavy atom. The van der Waals surface area contributed by atoms with Crippen LogP contribution in [0.15, 0.2) is 30.3 Å². The van der Waals surface area contributed by atoms with Crippen LogP contribution in [-0.4, -0.2) is 53.8 Å². The van der Waals surface area contributed by atoms with Crippen LogP contribution in [0.2, 0.25) is 0 Å². The standard InChI is InChI=1S/C20H29N3O2/c1-2-7-18(24)22-12-6-13-23(15-14-22)19(16-8-4-3-5-9-16)20(25)21-17-10-11-17/h3-5,8-9,17,19H,2,6-7,10-15H2,1H3,(H,21,25). The topological polar surface area (TPSA) is 52.7 Å². The monoisotopic (exact) mass is 343 g/mol. The minimum Gasteiger partial charge on any atom is -0.352 e. The van der Waals surface area contributed by atoms with E-state index in [1.807, 2.05) is 42.2 Å². The van der Waals surface area contributed by atoms with Crippen molar-refractivity contribution in [2.24, 2.45) is 0 Å². The Morgan fingerprint density at radius 2 is 1.88 bits per heavy atom. The van der Waals surface area contributed by atoms with E-state index in [9.17, 15) is 9.59 Å². The fraction of sp³-hybridized carbons (Fsp3) is 0.600. The SMILES string of the molecule is CCCC(=O)N1CCCN(C(C(=O)NC2CC2)c2ccccc2)CC1. The van der Waals surface area contributed by atoms with Gasteiger partial charge in [0.15, 0.2) is 0 Å². The third-order valence-corrected chi connectivity index (χ3v) is 5.00. The fourth-order valence-corrected chi connectivity index (χ4v) is 3.49. The van der Waals surface area contributed by atoms with Crippen molar-refractivity contribution < 1.29 is 9.59 Å². The minimum absolute atomic E-state index is 0.0991. The van der Waals surface area contributed by atoms with Crippen molar-refractivity contribution in [3.8, 4) is 0 Å². The molecule has 1 aromatic carbocycles. The van der Waals surface area contributed by atoms with Gasteiger partial charge in [-0.15, -0.1) is 0 Å². The summed E-state index contributed by atoms with van der Waals surface area (Å²) in [6.07, 6.45) is 4.59. The van der Waals surface area contributed by atoms with E-state index >= 15 is 0 Å². The van der Waals surface area contributed by atoms with Crippen molar-refractivity contribution >= 4 is 11.8 Å². The summed E-state index contributed by atoms with van der Waals surface area (Å²) >= 11 is 0. The Kier molecular flexibility index (Phi) is 6.08. The number of hydrogen-bond donors (Lipinski definition) is 1. The first kappa shape index (κ1) is 17.9. The van der Waals surface area contributed by atoms with Gasteiger partial charge < -0.3 is 10.2 Å². The van der Waals surface area contributed by atoms with Crippen molar-refractivity contribution in [3.63, 3.8) is 0 Å². The van der Waals surface area contributed by atoms with Crippen LogP contribution in [-0.2, 0) is 9.59 Å². The molecule has 1 atom stereocenters. The van der Waals surface area contributed by atoms with Gasteiger partial charge in [-0.25, -0.2) is 0 Å². The summed E-state index contributed by atoms with van der Waals surface area (Å²) in [5.74, 6) is 0.338. The zero-order chi connectivity index (χ0) is 17.6.